The molecular formula is C37H51FN6O5. The first-order chi connectivity index (χ1) is 23.5. The summed E-state index contributed by atoms with van der Waals surface area (Å²) in [6.07, 6.45) is 9.80. The Morgan fingerprint density at radius 3 is 2.49 bits per heavy atom. The van der Waals surface area contributed by atoms with Crippen LogP contribution in [-0.2, 0) is 25.6 Å². The minimum absolute atomic E-state index is 0.00414. The molecule has 0 spiro atoms. The Morgan fingerprint density at radius 2 is 1.78 bits per heavy atom. The number of carbonyl (C=O) groups is 3. The van der Waals surface area contributed by atoms with E-state index in [0.717, 1.165) is 37.2 Å². The fraction of sp³-hybridized carbons (Fsp3) is 0.568. The summed E-state index contributed by atoms with van der Waals surface area (Å²) in [4.78, 5) is 44.5. The van der Waals surface area contributed by atoms with Gasteiger partial charge in [-0.25, -0.2) is 9.18 Å². The highest BCUT2D eigenvalue weighted by Gasteiger charge is 2.29. The summed E-state index contributed by atoms with van der Waals surface area (Å²) >= 11 is 0. The van der Waals surface area contributed by atoms with Crippen molar-refractivity contribution in [2.45, 2.75) is 65.7 Å². The summed E-state index contributed by atoms with van der Waals surface area (Å²) in [7, 11) is 0. The number of ether oxygens (including phenoxy) is 2. The Morgan fingerprint density at radius 1 is 1.02 bits per heavy atom. The van der Waals surface area contributed by atoms with Crippen LogP contribution in [0.1, 0.15) is 52.5 Å². The van der Waals surface area contributed by atoms with Gasteiger partial charge in [-0.3, -0.25) is 14.3 Å². The first-order valence-electron chi connectivity index (χ1n) is 17.6. The number of rotatable bonds is 6. The van der Waals surface area contributed by atoms with Gasteiger partial charge in [0.05, 0.1) is 0 Å². The molecule has 5 rings (SSSR count). The van der Waals surface area contributed by atoms with Crippen molar-refractivity contribution in [1.82, 2.24) is 24.9 Å². The number of halogens is 1. The Balaban J connectivity index is 1.30. The zero-order valence-corrected chi connectivity index (χ0v) is 29.2. The highest BCUT2D eigenvalue weighted by atomic mass is 19.1. The van der Waals surface area contributed by atoms with Crippen molar-refractivity contribution < 1.29 is 28.2 Å². The number of cyclic esters (lactones) is 1. The fourth-order valence-electron chi connectivity index (χ4n) is 6.73. The van der Waals surface area contributed by atoms with Gasteiger partial charge in [0.1, 0.15) is 24.6 Å². The second-order valence-electron chi connectivity index (χ2n) is 13.8. The van der Waals surface area contributed by atoms with Gasteiger partial charge in [-0.05, 0) is 73.1 Å². The molecule has 1 aromatic heterocycles. The van der Waals surface area contributed by atoms with Crippen molar-refractivity contribution in [1.29, 1.82) is 0 Å². The molecule has 2 fully saturated rings. The molecule has 3 aliphatic rings. The zero-order chi connectivity index (χ0) is 34.9. The van der Waals surface area contributed by atoms with E-state index in [2.05, 4.69) is 22.2 Å². The monoisotopic (exact) mass is 678 g/mol. The van der Waals surface area contributed by atoms with Crippen molar-refractivity contribution in [3.8, 4) is 0 Å². The van der Waals surface area contributed by atoms with Crippen LogP contribution in [0, 0.1) is 23.6 Å². The molecule has 0 aliphatic carbocycles. The molecule has 49 heavy (non-hydrogen) atoms. The van der Waals surface area contributed by atoms with Crippen LogP contribution in [0.3, 0.4) is 0 Å². The van der Waals surface area contributed by atoms with Crippen LogP contribution >= 0.6 is 0 Å². The van der Waals surface area contributed by atoms with E-state index in [9.17, 15) is 14.4 Å². The molecular weight excluding hydrogens is 627 g/mol. The molecule has 2 saturated heterocycles. The third-order valence-electron chi connectivity index (χ3n) is 9.75. The molecule has 1 aromatic carbocycles. The molecule has 1 N–H and O–H groups in total. The van der Waals surface area contributed by atoms with Crippen LogP contribution in [0.25, 0.3) is 6.08 Å². The number of aromatic nitrogens is 2. The van der Waals surface area contributed by atoms with Crippen molar-refractivity contribution >= 4 is 29.7 Å². The topological polar surface area (TPSA) is 109 Å². The van der Waals surface area contributed by atoms with Gasteiger partial charge in [-0.1, -0.05) is 32.9 Å². The second kappa shape index (κ2) is 17.0. The van der Waals surface area contributed by atoms with Crippen LogP contribution in [0.5, 0.6) is 0 Å². The predicted octanol–water partition coefficient (Wildman–Crippen LogP) is 4.74. The van der Waals surface area contributed by atoms with Crippen molar-refractivity contribution in [2.75, 3.05) is 57.3 Å². The van der Waals surface area contributed by atoms with E-state index in [1.165, 1.54) is 12.1 Å². The Bertz CT molecular complexity index is 1480. The maximum Gasteiger partial charge on any atom is 0.410 e. The van der Waals surface area contributed by atoms with E-state index in [1.54, 1.807) is 28.0 Å². The summed E-state index contributed by atoms with van der Waals surface area (Å²) in [5, 5.41) is 7.38. The number of anilines is 1. The number of piperazine rings is 2. The lowest BCUT2D eigenvalue weighted by Gasteiger charge is -2.36. The molecule has 5 atom stereocenters. The van der Waals surface area contributed by atoms with E-state index in [-0.39, 0.29) is 48.1 Å². The smallest absolute Gasteiger partial charge is 0.410 e. The van der Waals surface area contributed by atoms with E-state index in [1.807, 2.05) is 50.0 Å². The number of nitrogens with zero attached hydrogens (tertiary/aromatic N) is 5. The molecule has 0 bridgehead atoms. The van der Waals surface area contributed by atoms with Crippen LogP contribution in [0.4, 0.5) is 14.9 Å². The van der Waals surface area contributed by atoms with Crippen LogP contribution < -0.4 is 10.2 Å². The van der Waals surface area contributed by atoms with Crippen LogP contribution in [0.15, 0.2) is 54.4 Å². The van der Waals surface area contributed by atoms with Gasteiger partial charge in [-0.15, -0.1) is 0 Å². The minimum Gasteiger partial charge on any atom is -0.457 e. The highest BCUT2D eigenvalue weighted by molar-refractivity contribution is 5.76. The molecule has 0 saturated carbocycles. The van der Waals surface area contributed by atoms with Gasteiger partial charge in [-0.2, -0.15) is 5.10 Å². The third kappa shape index (κ3) is 10.2. The maximum atomic E-state index is 15.0. The molecule has 12 heteroatoms. The van der Waals surface area contributed by atoms with E-state index in [0.29, 0.717) is 51.3 Å². The van der Waals surface area contributed by atoms with Gasteiger partial charge in [0.2, 0.25) is 5.91 Å². The predicted molar refractivity (Wildman–Crippen MR) is 186 cm³/mol. The first kappa shape index (κ1) is 36.1. The number of amides is 2. The number of carbonyl (C=O) groups excluding carboxylic acids is 3. The number of nitrogens with one attached hydrogen (secondary N) is 1. The lowest BCUT2D eigenvalue weighted by Crippen LogP contribution is -2.49. The SMILES string of the molecule is C/C(=C\c1cc(F)cc(N2CCN(C(=O)Cn3cccn3)CC2)c1)[C@H]1OC(=O)C[C@H](C)CC[C@H](C)[C@@H](OC(=O)N2CCNCC2)/C=C/[C@@H]1C. The number of hydrogen-bond donors (Lipinski definition) is 1. The third-order valence-corrected chi connectivity index (χ3v) is 9.75. The quantitative estimate of drug-likeness (QED) is 0.345. The first-order valence-corrected chi connectivity index (χ1v) is 17.6. The zero-order valence-electron chi connectivity index (χ0n) is 29.2. The normalized spacial score (nSPS) is 26.7. The minimum atomic E-state index is -0.591. The van der Waals surface area contributed by atoms with Crippen LogP contribution in [-0.4, -0.2) is 102 Å². The average molecular weight is 679 g/mol. The summed E-state index contributed by atoms with van der Waals surface area (Å²) in [6, 6.07) is 6.71. The highest BCUT2D eigenvalue weighted by Crippen LogP contribution is 2.28. The molecule has 2 aromatic rings. The van der Waals surface area contributed by atoms with Gasteiger partial charge in [0, 0.05) is 82.8 Å². The Kier molecular flexibility index (Phi) is 12.5. The van der Waals surface area contributed by atoms with Gasteiger partial charge in [0.15, 0.2) is 0 Å². The largest absolute Gasteiger partial charge is 0.457 e. The van der Waals surface area contributed by atoms with E-state index in [4.69, 9.17) is 9.47 Å². The van der Waals surface area contributed by atoms with E-state index < -0.39 is 12.2 Å². The van der Waals surface area contributed by atoms with Crippen molar-refractivity contribution in [2.24, 2.45) is 17.8 Å². The molecule has 0 unspecified atom stereocenters. The molecule has 4 heterocycles. The lowest BCUT2D eigenvalue weighted by atomic mass is 9.89. The summed E-state index contributed by atoms with van der Waals surface area (Å²) < 4.78 is 28.8. The number of hydrogen-bond acceptors (Lipinski definition) is 8. The lowest BCUT2D eigenvalue weighted by molar-refractivity contribution is -0.149. The molecule has 0 radical (unpaired) electrons. The molecule has 3 aliphatic heterocycles. The standard InChI is InChI=1S/C37H51FN6O5/c1-26-6-7-27(2)33(48-37(47)43-14-11-39-12-15-43)9-8-28(3)36(49-35(46)20-26)29(4)21-30-22-31(38)24-32(23-30)41-16-18-42(19-17-41)34(45)25-44-13-5-10-40-44/h5,8-10,13,21-24,26-28,33,36,39H,6-7,11-12,14-20,25H2,1-4H3/b9-8+,29-21+/t26-,27+,28+,33+,36+/m1/s1. The van der Waals surface area contributed by atoms with Crippen molar-refractivity contribution in [3.63, 3.8) is 0 Å². The summed E-state index contributed by atoms with van der Waals surface area (Å²) in [6.45, 7) is 13.1. The average Bonchev–Trinajstić information content (AvgIpc) is 3.60. The van der Waals surface area contributed by atoms with Gasteiger partial charge in [0.25, 0.3) is 0 Å². The molecule has 2 amide bonds. The van der Waals surface area contributed by atoms with Crippen LogP contribution in [0.2, 0.25) is 0 Å². The number of benzene rings is 1. The summed E-state index contributed by atoms with van der Waals surface area (Å²) in [5.41, 5.74) is 2.18. The Labute approximate surface area is 289 Å². The Hall–Kier alpha value is -4.19. The summed E-state index contributed by atoms with van der Waals surface area (Å²) in [5.74, 6) is -0.678. The fourth-order valence-corrected chi connectivity index (χ4v) is 6.73. The molecule has 266 valence electrons. The van der Waals surface area contributed by atoms with Gasteiger partial charge >= 0.3 is 12.1 Å². The number of esters is 1. The second-order valence-corrected chi connectivity index (χ2v) is 13.8. The maximum absolute atomic E-state index is 15.0. The molecule has 11 nitrogen and oxygen atoms in total. The van der Waals surface area contributed by atoms with Gasteiger partial charge < -0.3 is 29.5 Å². The van der Waals surface area contributed by atoms with E-state index >= 15 is 4.39 Å². The van der Waals surface area contributed by atoms with Crippen molar-refractivity contribution in [3.05, 3.63) is 65.8 Å².